The molecule has 1 fully saturated rings. The van der Waals surface area contributed by atoms with E-state index in [1.165, 1.54) is 11.3 Å². The average Bonchev–Trinajstić information content (AvgIpc) is 2.75. The second-order valence-electron chi connectivity index (χ2n) is 4.24. The summed E-state index contributed by atoms with van der Waals surface area (Å²) in [5.74, 6) is -0.635. The standard InChI is InChI=1S/C11H15N3O2S/c1-7-13-9(6-17-7)11(16)14-4-2-3-8(5-14)10(12)15/h6,8H,2-5H2,1H3,(H2,12,15). The van der Waals surface area contributed by atoms with Crippen molar-refractivity contribution in [1.29, 1.82) is 0 Å². The molecule has 0 aliphatic carbocycles. The summed E-state index contributed by atoms with van der Waals surface area (Å²) in [4.78, 5) is 29.1. The molecule has 0 bridgehead atoms. The van der Waals surface area contributed by atoms with E-state index in [4.69, 9.17) is 5.73 Å². The van der Waals surface area contributed by atoms with Gasteiger partial charge in [0.05, 0.1) is 10.9 Å². The van der Waals surface area contributed by atoms with Gasteiger partial charge in [-0.25, -0.2) is 4.98 Å². The van der Waals surface area contributed by atoms with E-state index in [1.54, 1.807) is 10.3 Å². The van der Waals surface area contributed by atoms with Crippen LogP contribution in [0.3, 0.4) is 0 Å². The predicted octanol–water partition coefficient (Wildman–Crippen LogP) is 0.789. The molecule has 6 heteroatoms. The van der Waals surface area contributed by atoms with Crippen molar-refractivity contribution < 1.29 is 9.59 Å². The van der Waals surface area contributed by atoms with Gasteiger partial charge in [0.2, 0.25) is 5.91 Å². The highest BCUT2D eigenvalue weighted by atomic mass is 32.1. The van der Waals surface area contributed by atoms with Crippen LogP contribution in [0.1, 0.15) is 28.3 Å². The molecule has 1 aliphatic rings. The molecule has 2 heterocycles. The molecule has 1 aromatic rings. The van der Waals surface area contributed by atoms with Crippen LogP contribution in [0, 0.1) is 12.8 Å². The number of piperidine rings is 1. The number of amides is 2. The number of carbonyl (C=O) groups is 2. The third-order valence-electron chi connectivity index (χ3n) is 2.95. The topological polar surface area (TPSA) is 76.3 Å². The van der Waals surface area contributed by atoms with Crippen molar-refractivity contribution in [3.63, 3.8) is 0 Å². The van der Waals surface area contributed by atoms with Gasteiger partial charge in [-0.2, -0.15) is 0 Å². The summed E-state index contributed by atoms with van der Waals surface area (Å²) in [6.45, 7) is 2.97. The number of aromatic nitrogens is 1. The summed E-state index contributed by atoms with van der Waals surface area (Å²) < 4.78 is 0. The number of primary amides is 1. The molecule has 0 aromatic carbocycles. The third-order valence-corrected chi connectivity index (χ3v) is 3.72. The molecular weight excluding hydrogens is 238 g/mol. The lowest BCUT2D eigenvalue weighted by Gasteiger charge is -2.30. The fourth-order valence-corrected chi connectivity index (χ4v) is 2.60. The van der Waals surface area contributed by atoms with Crippen LogP contribution in [0.4, 0.5) is 0 Å². The van der Waals surface area contributed by atoms with Crippen molar-refractivity contribution in [3.8, 4) is 0 Å². The number of aryl methyl sites for hydroxylation is 1. The Bertz CT molecular complexity index is 444. The summed E-state index contributed by atoms with van der Waals surface area (Å²) in [5, 5.41) is 2.63. The van der Waals surface area contributed by atoms with E-state index in [9.17, 15) is 9.59 Å². The Morgan fingerprint density at radius 1 is 1.59 bits per heavy atom. The highest BCUT2D eigenvalue weighted by Gasteiger charge is 2.28. The van der Waals surface area contributed by atoms with Crippen LogP contribution >= 0.6 is 11.3 Å². The van der Waals surface area contributed by atoms with Crippen molar-refractivity contribution in [2.24, 2.45) is 11.7 Å². The molecule has 2 N–H and O–H groups in total. The molecule has 2 amide bonds. The molecule has 1 atom stereocenters. The highest BCUT2D eigenvalue weighted by molar-refractivity contribution is 7.09. The zero-order valence-corrected chi connectivity index (χ0v) is 10.5. The Balaban J connectivity index is 2.07. The van der Waals surface area contributed by atoms with Crippen LogP contribution in [0.25, 0.3) is 0 Å². The van der Waals surface area contributed by atoms with Gasteiger partial charge >= 0.3 is 0 Å². The maximum absolute atomic E-state index is 12.1. The normalized spacial score (nSPS) is 20.3. The first kappa shape index (κ1) is 12.0. The van der Waals surface area contributed by atoms with E-state index in [2.05, 4.69) is 4.98 Å². The van der Waals surface area contributed by atoms with Crippen LogP contribution in [0.15, 0.2) is 5.38 Å². The molecule has 5 nitrogen and oxygen atoms in total. The highest BCUT2D eigenvalue weighted by Crippen LogP contribution is 2.19. The van der Waals surface area contributed by atoms with Gasteiger partial charge in [0.1, 0.15) is 5.69 Å². The zero-order chi connectivity index (χ0) is 12.4. The second-order valence-corrected chi connectivity index (χ2v) is 5.31. The molecule has 17 heavy (non-hydrogen) atoms. The Kier molecular flexibility index (Phi) is 3.42. The van der Waals surface area contributed by atoms with Crippen LogP contribution in [-0.2, 0) is 4.79 Å². The van der Waals surface area contributed by atoms with E-state index in [0.717, 1.165) is 17.8 Å². The van der Waals surface area contributed by atoms with E-state index < -0.39 is 0 Å². The number of rotatable bonds is 2. The van der Waals surface area contributed by atoms with Crippen LogP contribution in [0.2, 0.25) is 0 Å². The molecule has 0 saturated carbocycles. The fraction of sp³-hybridized carbons (Fsp3) is 0.545. The van der Waals surface area contributed by atoms with Gasteiger partial charge < -0.3 is 10.6 Å². The number of thiazole rings is 1. The summed E-state index contributed by atoms with van der Waals surface area (Å²) >= 11 is 1.45. The van der Waals surface area contributed by atoms with Gasteiger partial charge in [-0.05, 0) is 19.8 Å². The molecular formula is C11H15N3O2S. The SMILES string of the molecule is Cc1nc(C(=O)N2CCCC(C(N)=O)C2)cs1. The maximum Gasteiger partial charge on any atom is 0.273 e. The van der Waals surface area contributed by atoms with Crippen LogP contribution in [-0.4, -0.2) is 34.8 Å². The van der Waals surface area contributed by atoms with Gasteiger partial charge in [0, 0.05) is 18.5 Å². The number of hydrogen-bond donors (Lipinski definition) is 1. The third kappa shape index (κ3) is 2.63. The smallest absolute Gasteiger partial charge is 0.273 e. The predicted molar refractivity (Wildman–Crippen MR) is 64.7 cm³/mol. The number of nitrogens with two attached hydrogens (primary N) is 1. The van der Waals surface area contributed by atoms with Crippen molar-refractivity contribution in [2.75, 3.05) is 13.1 Å². The van der Waals surface area contributed by atoms with Crippen LogP contribution < -0.4 is 5.73 Å². The molecule has 2 rings (SSSR count). The largest absolute Gasteiger partial charge is 0.369 e. The lowest BCUT2D eigenvalue weighted by Crippen LogP contribution is -2.44. The van der Waals surface area contributed by atoms with Gasteiger partial charge in [-0.3, -0.25) is 9.59 Å². The Morgan fingerprint density at radius 3 is 2.94 bits per heavy atom. The molecule has 1 saturated heterocycles. The molecule has 0 radical (unpaired) electrons. The monoisotopic (exact) mass is 253 g/mol. The van der Waals surface area contributed by atoms with Gasteiger partial charge in [0.15, 0.2) is 0 Å². The summed E-state index contributed by atoms with van der Waals surface area (Å²) in [7, 11) is 0. The quantitative estimate of drug-likeness (QED) is 0.846. The Labute approximate surface area is 104 Å². The van der Waals surface area contributed by atoms with Crippen molar-refractivity contribution >= 4 is 23.2 Å². The van der Waals surface area contributed by atoms with E-state index in [1.807, 2.05) is 6.92 Å². The molecule has 1 unspecified atom stereocenters. The van der Waals surface area contributed by atoms with E-state index in [0.29, 0.717) is 18.8 Å². The summed E-state index contributed by atoms with van der Waals surface area (Å²) in [5.41, 5.74) is 5.75. The van der Waals surface area contributed by atoms with Gasteiger partial charge in [-0.1, -0.05) is 0 Å². The van der Waals surface area contributed by atoms with Crippen LogP contribution in [0.5, 0.6) is 0 Å². The lowest BCUT2D eigenvalue weighted by molar-refractivity contribution is -0.123. The summed E-state index contributed by atoms with van der Waals surface area (Å²) in [6, 6.07) is 0. The fourth-order valence-electron chi connectivity index (χ4n) is 2.02. The molecule has 1 aromatic heterocycles. The first-order chi connectivity index (χ1) is 8.08. The van der Waals surface area contributed by atoms with Gasteiger partial charge in [-0.15, -0.1) is 11.3 Å². The summed E-state index contributed by atoms with van der Waals surface area (Å²) in [6.07, 6.45) is 1.59. The van der Waals surface area contributed by atoms with Gasteiger partial charge in [0.25, 0.3) is 5.91 Å². The molecule has 0 spiro atoms. The first-order valence-electron chi connectivity index (χ1n) is 5.58. The average molecular weight is 253 g/mol. The minimum atomic E-state index is -0.322. The zero-order valence-electron chi connectivity index (χ0n) is 9.68. The number of likely N-dealkylation sites (tertiary alicyclic amines) is 1. The second kappa shape index (κ2) is 4.83. The lowest BCUT2D eigenvalue weighted by atomic mass is 9.97. The Morgan fingerprint density at radius 2 is 2.35 bits per heavy atom. The Hall–Kier alpha value is -1.43. The minimum absolute atomic E-state index is 0.0969. The first-order valence-corrected chi connectivity index (χ1v) is 6.46. The molecule has 92 valence electrons. The van der Waals surface area contributed by atoms with E-state index in [-0.39, 0.29) is 17.7 Å². The van der Waals surface area contributed by atoms with Crippen molar-refractivity contribution in [1.82, 2.24) is 9.88 Å². The number of carbonyl (C=O) groups excluding carboxylic acids is 2. The van der Waals surface area contributed by atoms with Crippen molar-refractivity contribution in [3.05, 3.63) is 16.1 Å². The molecule has 1 aliphatic heterocycles. The maximum atomic E-state index is 12.1. The van der Waals surface area contributed by atoms with Crippen molar-refractivity contribution in [2.45, 2.75) is 19.8 Å². The minimum Gasteiger partial charge on any atom is -0.369 e. The van der Waals surface area contributed by atoms with E-state index >= 15 is 0 Å². The number of nitrogens with zero attached hydrogens (tertiary/aromatic N) is 2. The number of hydrogen-bond acceptors (Lipinski definition) is 4.